The van der Waals surface area contributed by atoms with E-state index in [0.29, 0.717) is 31.0 Å². The van der Waals surface area contributed by atoms with E-state index < -0.39 is 0 Å². The van der Waals surface area contributed by atoms with Crippen LogP contribution in [0.2, 0.25) is 0 Å². The molecule has 0 aromatic carbocycles. The summed E-state index contributed by atoms with van der Waals surface area (Å²) >= 11 is 0. The molecule has 1 amide bonds. The maximum Gasteiger partial charge on any atom is 0.224 e. The van der Waals surface area contributed by atoms with Gasteiger partial charge >= 0.3 is 0 Å². The van der Waals surface area contributed by atoms with Crippen molar-refractivity contribution in [3.8, 4) is 0 Å². The van der Waals surface area contributed by atoms with Gasteiger partial charge in [0.2, 0.25) is 5.91 Å². The van der Waals surface area contributed by atoms with Crippen LogP contribution >= 0.6 is 0 Å². The second-order valence-electron chi connectivity index (χ2n) is 4.69. The summed E-state index contributed by atoms with van der Waals surface area (Å²) in [6, 6.07) is 0.961. The maximum atomic E-state index is 11.8. The minimum absolute atomic E-state index is 0.337. The molecule has 4 heteroatoms. The molecule has 0 aromatic heterocycles. The molecule has 2 aliphatic rings. The van der Waals surface area contributed by atoms with Crippen LogP contribution < -0.4 is 5.73 Å². The van der Waals surface area contributed by atoms with Crippen LogP contribution in [0.1, 0.15) is 26.2 Å². The number of hydrogen-bond donors (Lipinski definition) is 1. The number of hydrogen-bond acceptors (Lipinski definition) is 3. The molecule has 1 saturated carbocycles. The quantitative estimate of drug-likeness (QED) is 0.716. The second kappa shape index (κ2) is 4.49. The van der Waals surface area contributed by atoms with E-state index >= 15 is 0 Å². The summed E-state index contributed by atoms with van der Waals surface area (Å²) in [5.41, 5.74) is 5.66. The van der Waals surface area contributed by atoms with Gasteiger partial charge in [-0.15, -0.1) is 0 Å². The molecule has 0 spiro atoms. The molecule has 1 heterocycles. The Morgan fingerprint density at radius 2 is 2.13 bits per heavy atom. The predicted molar refractivity (Wildman–Crippen MR) is 59.4 cm³/mol. The van der Waals surface area contributed by atoms with Crippen LogP contribution in [0.3, 0.4) is 0 Å². The van der Waals surface area contributed by atoms with Crippen molar-refractivity contribution in [3.05, 3.63) is 0 Å². The highest BCUT2D eigenvalue weighted by Crippen LogP contribution is 2.28. The van der Waals surface area contributed by atoms with Gasteiger partial charge in [-0.1, -0.05) is 0 Å². The highest BCUT2D eigenvalue weighted by Gasteiger charge is 2.34. The predicted octanol–water partition coefficient (Wildman–Crippen LogP) is 0.0303. The second-order valence-corrected chi connectivity index (χ2v) is 4.69. The first-order valence-electron chi connectivity index (χ1n) is 5.96. The van der Waals surface area contributed by atoms with E-state index in [1.807, 2.05) is 0 Å². The standard InChI is InChI=1S/C11H21N3O/c1-9(8-12)13-5-4-11(15)14(7-6-13)10-2-3-10/h9-10H,2-8,12H2,1H3. The molecule has 1 aliphatic carbocycles. The van der Waals surface area contributed by atoms with Gasteiger partial charge in [-0.2, -0.15) is 0 Å². The summed E-state index contributed by atoms with van der Waals surface area (Å²) in [4.78, 5) is 16.2. The molecule has 86 valence electrons. The molecule has 2 N–H and O–H groups in total. The normalized spacial score (nSPS) is 26.5. The molecule has 15 heavy (non-hydrogen) atoms. The number of nitrogens with two attached hydrogens (primary N) is 1. The molecule has 1 unspecified atom stereocenters. The molecular formula is C11H21N3O. The van der Waals surface area contributed by atoms with Gasteiger partial charge < -0.3 is 10.6 Å². The number of carbonyl (C=O) groups is 1. The van der Waals surface area contributed by atoms with Gasteiger partial charge in [0.1, 0.15) is 0 Å². The van der Waals surface area contributed by atoms with Crippen LogP contribution in [0, 0.1) is 0 Å². The van der Waals surface area contributed by atoms with Crippen LogP contribution in [0.15, 0.2) is 0 Å². The van der Waals surface area contributed by atoms with Crippen molar-refractivity contribution in [2.24, 2.45) is 5.73 Å². The minimum Gasteiger partial charge on any atom is -0.338 e. The first-order valence-corrected chi connectivity index (χ1v) is 5.96. The minimum atomic E-state index is 0.337. The lowest BCUT2D eigenvalue weighted by molar-refractivity contribution is -0.130. The lowest BCUT2D eigenvalue weighted by atomic mass is 10.2. The third kappa shape index (κ3) is 2.49. The largest absolute Gasteiger partial charge is 0.338 e. The summed E-state index contributed by atoms with van der Waals surface area (Å²) in [7, 11) is 0. The summed E-state index contributed by atoms with van der Waals surface area (Å²) in [5, 5.41) is 0. The van der Waals surface area contributed by atoms with E-state index in [0.717, 1.165) is 19.6 Å². The zero-order valence-corrected chi connectivity index (χ0v) is 9.48. The topological polar surface area (TPSA) is 49.6 Å². The monoisotopic (exact) mass is 211 g/mol. The fourth-order valence-electron chi connectivity index (χ4n) is 2.22. The molecule has 4 nitrogen and oxygen atoms in total. The van der Waals surface area contributed by atoms with Gasteiger partial charge in [0.15, 0.2) is 0 Å². The van der Waals surface area contributed by atoms with E-state index in [-0.39, 0.29) is 0 Å². The Balaban J connectivity index is 1.92. The van der Waals surface area contributed by atoms with E-state index in [4.69, 9.17) is 5.73 Å². The summed E-state index contributed by atoms with van der Waals surface area (Å²) < 4.78 is 0. The van der Waals surface area contributed by atoms with Crippen molar-refractivity contribution >= 4 is 5.91 Å². The first kappa shape index (κ1) is 10.9. The highest BCUT2D eigenvalue weighted by molar-refractivity contribution is 5.77. The van der Waals surface area contributed by atoms with Gasteiger partial charge in [0.05, 0.1) is 0 Å². The lowest BCUT2D eigenvalue weighted by Gasteiger charge is -2.26. The fraction of sp³-hybridized carbons (Fsp3) is 0.909. The molecule has 1 atom stereocenters. The van der Waals surface area contributed by atoms with Gasteiger partial charge in [-0.3, -0.25) is 9.69 Å². The molecule has 0 radical (unpaired) electrons. The molecular weight excluding hydrogens is 190 g/mol. The van der Waals surface area contributed by atoms with Crippen LogP contribution in [-0.4, -0.2) is 54.0 Å². The first-order chi connectivity index (χ1) is 7.22. The summed E-state index contributed by atoms with van der Waals surface area (Å²) in [6.45, 7) is 5.57. The Hall–Kier alpha value is -0.610. The lowest BCUT2D eigenvalue weighted by Crippen LogP contribution is -2.41. The third-order valence-electron chi connectivity index (χ3n) is 3.51. The van der Waals surface area contributed by atoms with Gasteiger partial charge in [-0.05, 0) is 19.8 Å². The van der Waals surface area contributed by atoms with Gasteiger partial charge in [0, 0.05) is 44.7 Å². The fourth-order valence-corrected chi connectivity index (χ4v) is 2.22. The molecule has 1 saturated heterocycles. The van der Waals surface area contributed by atoms with Crippen LogP contribution in [-0.2, 0) is 4.79 Å². The molecule has 2 rings (SSSR count). The highest BCUT2D eigenvalue weighted by atomic mass is 16.2. The number of carbonyl (C=O) groups excluding carboxylic acids is 1. The molecule has 1 aliphatic heterocycles. The van der Waals surface area contributed by atoms with E-state index in [1.54, 1.807) is 0 Å². The summed E-state index contributed by atoms with van der Waals surface area (Å²) in [6.07, 6.45) is 3.08. The van der Waals surface area contributed by atoms with Crippen molar-refractivity contribution in [2.75, 3.05) is 26.2 Å². The van der Waals surface area contributed by atoms with Crippen molar-refractivity contribution < 1.29 is 4.79 Å². The zero-order valence-electron chi connectivity index (χ0n) is 9.48. The summed E-state index contributed by atoms with van der Waals surface area (Å²) in [5.74, 6) is 0.337. The Kier molecular flexibility index (Phi) is 3.26. The number of nitrogens with zero attached hydrogens (tertiary/aromatic N) is 2. The van der Waals surface area contributed by atoms with E-state index in [2.05, 4.69) is 16.7 Å². The van der Waals surface area contributed by atoms with Crippen LogP contribution in [0.5, 0.6) is 0 Å². The third-order valence-corrected chi connectivity index (χ3v) is 3.51. The van der Waals surface area contributed by atoms with Gasteiger partial charge in [0.25, 0.3) is 0 Å². The average molecular weight is 211 g/mol. The maximum absolute atomic E-state index is 11.8. The Labute approximate surface area is 91.4 Å². The molecule has 2 fully saturated rings. The smallest absolute Gasteiger partial charge is 0.224 e. The molecule has 0 aromatic rings. The van der Waals surface area contributed by atoms with Crippen LogP contribution in [0.25, 0.3) is 0 Å². The number of amides is 1. The van der Waals surface area contributed by atoms with E-state index in [1.165, 1.54) is 12.8 Å². The van der Waals surface area contributed by atoms with Crippen molar-refractivity contribution in [1.29, 1.82) is 0 Å². The van der Waals surface area contributed by atoms with Crippen molar-refractivity contribution in [3.63, 3.8) is 0 Å². The Morgan fingerprint density at radius 1 is 1.40 bits per heavy atom. The number of rotatable bonds is 3. The van der Waals surface area contributed by atoms with Crippen LogP contribution in [0.4, 0.5) is 0 Å². The zero-order chi connectivity index (χ0) is 10.8. The van der Waals surface area contributed by atoms with Crippen molar-refractivity contribution in [1.82, 2.24) is 9.80 Å². The Morgan fingerprint density at radius 3 is 2.73 bits per heavy atom. The SMILES string of the molecule is CC(CN)N1CCC(=O)N(C2CC2)CC1. The molecule has 0 bridgehead atoms. The Bertz CT molecular complexity index is 240. The average Bonchev–Trinajstić information content (AvgIpc) is 3.04. The van der Waals surface area contributed by atoms with E-state index in [9.17, 15) is 4.79 Å². The van der Waals surface area contributed by atoms with Gasteiger partial charge in [-0.25, -0.2) is 0 Å². The van der Waals surface area contributed by atoms with Crippen molar-refractivity contribution in [2.45, 2.75) is 38.3 Å².